The summed E-state index contributed by atoms with van der Waals surface area (Å²) in [6.45, 7) is 24.3. The molecule has 1 unspecified atom stereocenters. The van der Waals surface area contributed by atoms with Gasteiger partial charge >= 0.3 is 6.09 Å². The summed E-state index contributed by atoms with van der Waals surface area (Å²) in [5, 5.41) is 4.03. The van der Waals surface area contributed by atoms with E-state index in [2.05, 4.69) is 50.2 Å². The molecule has 7 heteroatoms. The lowest BCUT2D eigenvalue weighted by atomic mass is 9.89. The number of nitrogens with one attached hydrogen (secondary N) is 1. The van der Waals surface area contributed by atoms with Gasteiger partial charge in [0.05, 0.1) is 21.4 Å². The van der Waals surface area contributed by atoms with Crippen molar-refractivity contribution >= 4 is 35.0 Å². The van der Waals surface area contributed by atoms with Crippen LogP contribution in [0.1, 0.15) is 73.3 Å². The minimum atomic E-state index is -0.531. The minimum absolute atomic E-state index is 0.344. The fourth-order valence-electron chi connectivity index (χ4n) is 4.09. The number of alkyl carbamates (subject to hydrolysis) is 1. The topological polar surface area (TPSA) is 44.8 Å². The highest BCUT2D eigenvalue weighted by atomic mass is 35.5. The first-order valence-corrected chi connectivity index (χ1v) is 13.7. The van der Waals surface area contributed by atoms with Gasteiger partial charge in [0.25, 0.3) is 0 Å². The summed E-state index contributed by atoms with van der Waals surface area (Å²) in [7, 11) is 0. The molecule has 1 N–H and O–H groups in total. The van der Waals surface area contributed by atoms with Crippen LogP contribution in [0.25, 0.3) is 5.70 Å². The lowest BCUT2D eigenvalue weighted by molar-refractivity contribution is 0.0418. The zero-order valence-electron chi connectivity index (χ0n) is 23.5. The van der Waals surface area contributed by atoms with E-state index in [-0.39, 0.29) is 11.6 Å². The van der Waals surface area contributed by atoms with Crippen molar-refractivity contribution < 1.29 is 9.53 Å². The molecule has 1 amide bonds. The van der Waals surface area contributed by atoms with E-state index < -0.39 is 5.60 Å². The predicted molar refractivity (Wildman–Crippen MR) is 157 cm³/mol. The summed E-state index contributed by atoms with van der Waals surface area (Å²) < 4.78 is 5.47. The zero-order valence-corrected chi connectivity index (χ0v) is 25.0. The second-order valence-corrected chi connectivity index (χ2v) is 11.7. The molecule has 2 rings (SSSR count). The first-order valence-electron chi connectivity index (χ1n) is 12.9. The van der Waals surface area contributed by atoms with Crippen LogP contribution in [0.5, 0.6) is 0 Å². The normalized spacial score (nSPS) is 16.9. The maximum Gasteiger partial charge on any atom is 0.408 e. The molecule has 1 aliphatic heterocycles. The number of amides is 1. The van der Waals surface area contributed by atoms with Gasteiger partial charge in [-0.25, -0.2) is 4.79 Å². The predicted octanol–water partition coefficient (Wildman–Crippen LogP) is 8.62. The number of halogens is 2. The highest BCUT2D eigenvalue weighted by molar-refractivity contribution is 6.43. The van der Waals surface area contributed by atoms with Crippen LogP contribution in [-0.4, -0.2) is 40.1 Å². The van der Waals surface area contributed by atoms with Gasteiger partial charge in [-0.3, -0.25) is 0 Å². The van der Waals surface area contributed by atoms with Gasteiger partial charge in [-0.1, -0.05) is 80.9 Å². The molecule has 1 aromatic carbocycles. The van der Waals surface area contributed by atoms with Gasteiger partial charge < -0.3 is 19.9 Å². The molecule has 1 heterocycles. The SMILES string of the molecule is C=C(/C(=C/C)N(/C=C\C(C)CC)C(=C)c1cccc(Cl)c1Cl)N1CCC(C)(NC(=O)OC(C)(C)C)CC1. The quantitative estimate of drug-likeness (QED) is 0.314. The Morgan fingerprint density at radius 3 is 2.43 bits per heavy atom. The molecule has 5 nitrogen and oxygen atoms in total. The monoisotopic (exact) mass is 547 g/mol. The lowest BCUT2D eigenvalue weighted by Crippen LogP contribution is -2.54. The van der Waals surface area contributed by atoms with Gasteiger partial charge in [0.1, 0.15) is 5.60 Å². The molecular formula is C30H43Cl2N3O2. The third-order valence-electron chi connectivity index (χ3n) is 6.64. The maximum atomic E-state index is 12.4. The molecule has 1 atom stereocenters. The minimum Gasteiger partial charge on any atom is -0.444 e. The number of allylic oxidation sites excluding steroid dienone is 2. The highest BCUT2D eigenvalue weighted by Gasteiger charge is 2.34. The second-order valence-electron chi connectivity index (χ2n) is 10.9. The van der Waals surface area contributed by atoms with Crippen molar-refractivity contribution in [2.45, 2.75) is 78.9 Å². The number of nitrogens with zero attached hydrogens (tertiary/aromatic N) is 2. The van der Waals surface area contributed by atoms with Crippen LogP contribution >= 0.6 is 23.2 Å². The Labute approximate surface area is 233 Å². The van der Waals surface area contributed by atoms with Crippen molar-refractivity contribution in [2.24, 2.45) is 5.92 Å². The number of hydrogen-bond donors (Lipinski definition) is 1. The molecule has 0 bridgehead atoms. The van der Waals surface area contributed by atoms with E-state index in [0.717, 1.165) is 55.0 Å². The first-order chi connectivity index (χ1) is 17.2. The van der Waals surface area contributed by atoms with Gasteiger partial charge in [-0.15, -0.1) is 0 Å². The van der Waals surface area contributed by atoms with Gasteiger partial charge in [0.2, 0.25) is 0 Å². The van der Waals surface area contributed by atoms with Crippen LogP contribution in [0.15, 0.2) is 61.1 Å². The Kier molecular flexibility index (Phi) is 10.8. The van der Waals surface area contributed by atoms with Crippen LogP contribution in [-0.2, 0) is 4.74 Å². The number of likely N-dealkylation sites (tertiary alicyclic amines) is 1. The largest absolute Gasteiger partial charge is 0.444 e. The Hall–Kier alpha value is -2.37. The van der Waals surface area contributed by atoms with Crippen LogP contribution in [0, 0.1) is 5.92 Å². The smallest absolute Gasteiger partial charge is 0.408 e. The summed E-state index contributed by atoms with van der Waals surface area (Å²) in [5.41, 5.74) is 2.41. The van der Waals surface area contributed by atoms with E-state index in [1.165, 1.54) is 0 Å². The maximum absolute atomic E-state index is 12.4. The summed E-state index contributed by atoms with van der Waals surface area (Å²) in [6.07, 6.45) is 8.44. The zero-order chi connectivity index (χ0) is 28.0. The van der Waals surface area contributed by atoms with E-state index in [0.29, 0.717) is 16.0 Å². The van der Waals surface area contributed by atoms with Gasteiger partial charge in [-0.05, 0) is 59.4 Å². The molecule has 0 aromatic heterocycles. The molecule has 1 aliphatic rings. The summed E-state index contributed by atoms with van der Waals surface area (Å²) >= 11 is 12.9. The van der Waals surface area contributed by atoms with Crippen LogP contribution in [0.4, 0.5) is 4.79 Å². The number of benzene rings is 1. The molecular weight excluding hydrogens is 505 g/mol. The van der Waals surface area contributed by atoms with Crippen LogP contribution < -0.4 is 5.32 Å². The molecule has 0 radical (unpaired) electrons. The summed E-state index contributed by atoms with van der Waals surface area (Å²) in [4.78, 5) is 16.7. The number of carbonyl (C=O) groups excluding carboxylic acids is 1. The number of piperidine rings is 1. The summed E-state index contributed by atoms with van der Waals surface area (Å²) in [6, 6.07) is 5.56. The molecule has 0 spiro atoms. The molecule has 0 aliphatic carbocycles. The molecule has 1 fully saturated rings. The fourth-order valence-corrected chi connectivity index (χ4v) is 4.50. The van der Waals surface area contributed by atoms with Crippen molar-refractivity contribution in [3.05, 3.63) is 76.7 Å². The van der Waals surface area contributed by atoms with Gasteiger partial charge in [0, 0.05) is 36.1 Å². The molecule has 0 saturated carbocycles. The fraction of sp³-hybridized carbons (Fsp3) is 0.500. The molecule has 204 valence electrons. The Bertz CT molecular complexity index is 1050. The third-order valence-corrected chi connectivity index (χ3v) is 7.46. The average molecular weight is 549 g/mol. The first kappa shape index (κ1) is 30.9. The van der Waals surface area contributed by atoms with Gasteiger partial charge in [0.15, 0.2) is 0 Å². The highest BCUT2D eigenvalue weighted by Crippen LogP contribution is 2.36. The van der Waals surface area contributed by atoms with Crippen molar-refractivity contribution in [2.75, 3.05) is 13.1 Å². The molecule has 37 heavy (non-hydrogen) atoms. The second kappa shape index (κ2) is 12.9. The van der Waals surface area contributed by atoms with Crippen molar-refractivity contribution in [1.29, 1.82) is 0 Å². The Morgan fingerprint density at radius 2 is 1.89 bits per heavy atom. The average Bonchev–Trinajstić information content (AvgIpc) is 2.81. The molecule has 1 aromatic rings. The van der Waals surface area contributed by atoms with Gasteiger partial charge in [-0.2, -0.15) is 0 Å². The number of carbonyl (C=O) groups is 1. The van der Waals surface area contributed by atoms with Crippen molar-refractivity contribution in [3.63, 3.8) is 0 Å². The standard InChI is InChI=1S/C30H43Cl2N3O2/c1-10-21(3)15-18-35(22(4)24-13-12-14-25(31)27(24)32)26(11-2)23(5)34-19-16-30(9,17-20-34)33-28(36)37-29(6,7)8/h11-15,18,21H,4-5,10,16-17,19-20H2,1-3,6-9H3,(H,33,36)/b18-15-,26-11-. The van der Waals surface area contributed by atoms with Crippen molar-refractivity contribution in [1.82, 2.24) is 15.1 Å². The third kappa shape index (κ3) is 8.58. The van der Waals surface area contributed by atoms with E-state index in [1.54, 1.807) is 6.07 Å². The van der Waals surface area contributed by atoms with Crippen LogP contribution in [0.2, 0.25) is 10.0 Å². The number of hydrogen-bond acceptors (Lipinski definition) is 4. The van der Waals surface area contributed by atoms with E-state index in [9.17, 15) is 4.79 Å². The number of rotatable bonds is 9. The molecule has 1 saturated heterocycles. The van der Waals surface area contributed by atoms with E-state index in [4.69, 9.17) is 27.9 Å². The number of ether oxygens (including phenoxy) is 1. The van der Waals surface area contributed by atoms with E-state index in [1.807, 2.05) is 57.0 Å². The van der Waals surface area contributed by atoms with Crippen LogP contribution in [0.3, 0.4) is 0 Å². The Morgan fingerprint density at radius 1 is 1.27 bits per heavy atom. The van der Waals surface area contributed by atoms with Crippen molar-refractivity contribution in [3.8, 4) is 0 Å². The van der Waals surface area contributed by atoms with E-state index >= 15 is 0 Å². The summed E-state index contributed by atoms with van der Waals surface area (Å²) in [5.74, 6) is 0.395. The lowest BCUT2D eigenvalue weighted by Gasteiger charge is -2.43. The Balaban J connectivity index is 2.25.